The molecule has 0 rings (SSSR count). The summed E-state index contributed by atoms with van der Waals surface area (Å²) < 4.78 is 11.5. The smallest absolute Gasteiger partial charge is 0.0654 e. The fourth-order valence-electron chi connectivity index (χ4n) is 1.67. The first kappa shape index (κ1) is 13.4. The molecule has 0 saturated heterocycles. The van der Waals surface area contributed by atoms with Gasteiger partial charge < -0.3 is 0 Å². The van der Waals surface area contributed by atoms with E-state index in [2.05, 4.69) is 33.0 Å². The maximum atomic E-state index is 11.5. The van der Waals surface area contributed by atoms with Gasteiger partial charge in [-0.25, -0.2) is 0 Å². The van der Waals surface area contributed by atoms with Crippen molar-refractivity contribution in [1.82, 2.24) is 0 Å². The van der Waals surface area contributed by atoms with Gasteiger partial charge in [0, 0.05) is 0 Å². The van der Waals surface area contributed by atoms with Crippen LogP contribution in [0.3, 0.4) is 0 Å². The second-order valence-corrected chi connectivity index (χ2v) is 6.25. The highest BCUT2D eigenvalue weighted by Crippen LogP contribution is 2.50. The molecule has 1 atom stereocenters. The van der Waals surface area contributed by atoms with E-state index in [1.165, 1.54) is 19.3 Å². The molecule has 1 nitrogen and oxygen atoms in total. The highest BCUT2D eigenvalue weighted by molar-refractivity contribution is 8.41. The standard InChI is InChI=1S/C10H21OPS/c1-4-7-8-9-10(5-2,6-3)12(11)13/h4-9H2,1-3H3/p+1. The Morgan fingerprint density at radius 2 is 1.69 bits per heavy atom. The topological polar surface area (TPSA) is 17.1 Å². The first-order chi connectivity index (χ1) is 6.13. The maximum absolute atomic E-state index is 11.5. The lowest BCUT2D eigenvalue weighted by Crippen LogP contribution is -2.20. The van der Waals surface area contributed by atoms with E-state index in [1.807, 2.05) is 0 Å². The lowest BCUT2D eigenvalue weighted by molar-refractivity contribution is 0.452. The lowest BCUT2D eigenvalue weighted by Gasteiger charge is -2.18. The second kappa shape index (κ2) is 6.84. The van der Waals surface area contributed by atoms with Crippen LogP contribution < -0.4 is 0 Å². The molecule has 0 aromatic rings. The van der Waals surface area contributed by atoms with Gasteiger partial charge in [0.1, 0.15) is 12.2 Å². The number of thiol groups is 1. The largest absolute Gasteiger partial charge is 0.413 e. The summed E-state index contributed by atoms with van der Waals surface area (Å²) in [7, 11) is -1.32. The van der Waals surface area contributed by atoms with Crippen molar-refractivity contribution in [2.24, 2.45) is 0 Å². The minimum Gasteiger partial charge on any atom is -0.0654 e. The number of rotatable bonds is 7. The molecular formula is C10H22OPS+. The van der Waals surface area contributed by atoms with E-state index in [-0.39, 0.29) is 5.16 Å². The van der Waals surface area contributed by atoms with Crippen molar-refractivity contribution < 1.29 is 4.57 Å². The summed E-state index contributed by atoms with van der Waals surface area (Å²) in [4.78, 5) is 0. The van der Waals surface area contributed by atoms with Crippen LogP contribution in [0.1, 0.15) is 59.3 Å². The molecular weight excluding hydrogens is 199 g/mol. The Kier molecular flexibility index (Phi) is 7.07. The predicted octanol–water partition coefficient (Wildman–Crippen LogP) is 4.80. The Balaban J connectivity index is 4.14. The molecule has 0 amide bonds. The summed E-state index contributed by atoms with van der Waals surface area (Å²) in [6, 6.07) is 0. The quantitative estimate of drug-likeness (QED) is 0.371. The Hall–Kier alpha value is 0.450. The predicted molar refractivity (Wildman–Crippen MR) is 64.0 cm³/mol. The van der Waals surface area contributed by atoms with Crippen LogP contribution in [-0.2, 0) is 4.57 Å². The third kappa shape index (κ3) is 3.99. The van der Waals surface area contributed by atoms with Crippen LogP contribution in [0.25, 0.3) is 0 Å². The number of hydrogen-bond donors (Lipinski definition) is 1. The van der Waals surface area contributed by atoms with Gasteiger partial charge in [-0.3, -0.25) is 0 Å². The zero-order chi connectivity index (χ0) is 10.3. The molecule has 0 aliphatic heterocycles. The zero-order valence-electron chi connectivity index (χ0n) is 9.05. The molecule has 0 heterocycles. The monoisotopic (exact) mass is 221 g/mol. The zero-order valence-corrected chi connectivity index (χ0v) is 10.8. The van der Waals surface area contributed by atoms with Crippen molar-refractivity contribution >= 4 is 19.3 Å². The molecule has 0 spiro atoms. The molecule has 0 fully saturated rings. The van der Waals surface area contributed by atoms with E-state index in [4.69, 9.17) is 0 Å². The minimum absolute atomic E-state index is 0.00755. The molecule has 3 heteroatoms. The van der Waals surface area contributed by atoms with Crippen LogP contribution in [0.15, 0.2) is 0 Å². The number of hydrogen-bond acceptors (Lipinski definition) is 1. The molecule has 0 radical (unpaired) electrons. The first-order valence-corrected chi connectivity index (χ1v) is 7.70. The molecule has 0 aliphatic carbocycles. The Labute approximate surface area is 88.6 Å². The molecule has 0 bridgehead atoms. The van der Waals surface area contributed by atoms with E-state index in [0.717, 1.165) is 19.3 Å². The van der Waals surface area contributed by atoms with Crippen molar-refractivity contribution in [1.29, 1.82) is 0 Å². The average molecular weight is 221 g/mol. The molecule has 0 aliphatic rings. The fourth-order valence-corrected chi connectivity index (χ4v) is 3.71. The number of unbranched alkanes of at least 4 members (excludes halogenated alkanes) is 2. The fraction of sp³-hybridized carbons (Fsp3) is 1.00. The van der Waals surface area contributed by atoms with E-state index < -0.39 is 7.00 Å². The van der Waals surface area contributed by atoms with Gasteiger partial charge in [-0.05, 0) is 25.7 Å². The molecule has 1 unspecified atom stereocenters. The summed E-state index contributed by atoms with van der Waals surface area (Å²) >= 11 is 4.15. The Morgan fingerprint density at radius 1 is 1.15 bits per heavy atom. The summed E-state index contributed by atoms with van der Waals surface area (Å²) in [5.41, 5.74) is 0. The van der Waals surface area contributed by atoms with Crippen LogP contribution in [0, 0.1) is 0 Å². The maximum Gasteiger partial charge on any atom is 0.413 e. The van der Waals surface area contributed by atoms with Crippen LogP contribution in [0.4, 0.5) is 0 Å². The van der Waals surface area contributed by atoms with Gasteiger partial charge in [0.2, 0.25) is 0 Å². The molecule has 13 heavy (non-hydrogen) atoms. The Bertz CT molecular complexity index is 155. The van der Waals surface area contributed by atoms with Gasteiger partial charge in [-0.1, -0.05) is 38.2 Å². The Morgan fingerprint density at radius 3 is 2.00 bits per heavy atom. The average Bonchev–Trinajstić information content (AvgIpc) is 2.13. The molecule has 0 saturated carbocycles. The van der Waals surface area contributed by atoms with Gasteiger partial charge in [0.05, 0.1) is 0 Å². The van der Waals surface area contributed by atoms with Gasteiger partial charge in [-0.2, -0.15) is 0 Å². The summed E-state index contributed by atoms with van der Waals surface area (Å²) in [5.74, 6) is 0. The SMILES string of the molecule is CCCCCC(CC)(CC)[P+](=O)S. The molecule has 78 valence electrons. The van der Waals surface area contributed by atoms with Gasteiger partial charge in [0.15, 0.2) is 5.16 Å². The van der Waals surface area contributed by atoms with E-state index in [9.17, 15) is 4.57 Å². The first-order valence-electron chi connectivity index (χ1n) is 5.29. The molecule has 0 aromatic carbocycles. The van der Waals surface area contributed by atoms with Gasteiger partial charge in [0.25, 0.3) is 0 Å². The van der Waals surface area contributed by atoms with Crippen molar-refractivity contribution in [2.45, 2.75) is 64.5 Å². The van der Waals surface area contributed by atoms with E-state index in [0.29, 0.717) is 0 Å². The van der Waals surface area contributed by atoms with Crippen molar-refractivity contribution in [3.63, 3.8) is 0 Å². The highest BCUT2D eigenvalue weighted by atomic mass is 32.7. The van der Waals surface area contributed by atoms with Crippen LogP contribution in [0.5, 0.6) is 0 Å². The summed E-state index contributed by atoms with van der Waals surface area (Å²) in [6.07, 6.45) is 6.73. The van der Waals surface area contributed by atoms with Crippen LogP contribution in [-0.4, -0.2) is 5.16 Å². The van der Waals surface area contributed by atoms with Crippen molar-refractivity contribution in [3.05, 3.63) is 0 Å². The van der Waals surface area contributed by atoms with Gasteiger partial charge in [-0.15, -0.1) is 0 Å². The highest BCUT2D eigenvalue weighted by Gasteiger charge is 2.42. The summed E-state index contributed by atoms with van der Waals surface area (Å²) in [6.45, 7) is 6.44. The third-order valence-corrected chi connectivity index (χ3v) is 5.91. The van der Waals surface area contributed by atoms with E-state index in [1.54, 1.807) is 0 Å². The van der Waals surface area contributed by atoms with Crippen LogP contribution >= 0.6 is 19.3 Å². The van der Waals surface area contributed by atoms with Gasteiger partial charge >= 0.3 is 7.00 Å². The third-order valence-electron chi connectivity index (χ3n) is 2.97. The van der Waals surface area contributed by atoms with Crippen molar-refractivity contribution in [2.75, 3.05) is 0 Å². The van der Waals surface area contributed by atoms with Crippen LogP contribution in [0.2, 0.25) is 0 Å². The summed E-state index contributed by atoms with van der Waals surface area (Å²) in [5, 5.41) is 0.00755. The second-order valence-electron chi connectivity index (χ2n) is 3.66. The lowest BCUT2D eigenvalue weighted by atomic mass is 9.95. The minimum atomic E-state index is -1.32. The van der Waals surface area contributed by atoms with E-state index >= 15 is 0 Å². The molecule has 0 N–H and O–H groups in total. The normalized spacial score (nSPS) is 13.1. The molecule has 0 aromatic heterocycles. The van der Waals surface area contributed by atoms with Crippen molar-refractivity contribution in [3.8, 4) is 0 Å².